The number of urea groups is 1. The molecule has 1 heterocycles. The maximum Gasteiger partial charge on any atom is 0.322 e. The van der Waals surface area contributed by atoms with E-state index in [2.05, 4.69) is 30.0 Å². The Bertz CT molecular complexity index is 1410. The van der Waals surface area contributed by atoms with E-state index in [0.29, 0.717) is 18.8 Å². The number of para-hydroxylation sites is 1. The second kappa shape index (κ2) is 13.7. The number of pyridine rings is 1. The monoisotopic (exact) mass is 591 g/mol. The Labute approximate surface area is 251 Å². The van der Waals surface area contributed by atoms with Gasteiger partial charge >= 0.3 is 6.03 Å². The highest BCUT2D eigenvalue weighted by atomic mass is 32.2. The molecule has 0 bridgehead atoms. The van der Waals surface area contributed by atoms with Gasteiger partial charge in [0.05, 0.1) is 11.4 Å². The van der Waals surface area contributed by atoms with Crippen LogP contribution in [0.3, 0.4) is 0 Å². The molecular formula is C33H45N5O3S. The Morgan fingerprint density at radius 3 is 2.26 bits per heavy atom. The van der Waals surface area contributed by atoms with Crippen molar-refractivity contribution in [3.8, 4) is 0 Å². The Morgan fingerprint density at radius 1 is 0.976 bits per heavy atom. The van der Waals surface area contributed by atoms with Crippen molar-refractivity contribution >= 4 is 27.4 Å². The second-order valence-electron chi connectivity index (χ2n) is 11.8. The van der Waals surface area contributed by atoms with Crippen molar-refractivity contribution in [1.29, 1.82) is 0 Å². The molecule has 0 spiro atoms. The van der Waals surface area contributed by atoms with Crippen LogP contribution in [-0.2, 0) is 22.0 Å². The standard InChI is InChI=1S/C33H45N5O3S/c1-5-42(40,41)37-27-17-15-26(16-18-27)22-38(23-33(19-8-6-9-20-33)30-14-7-10-21-35-30)32(39)36-31-28(24(2)3)12-11-13-29(31)25(4)34/h7,10-18,21,24-25,37H,5-6,8-9,19-20,22-23,34H2,1-4H3,(H,36,39). The van der Waals surface area contributed by atoms with Gasteiger partial charge < -0.3 is 16.0 Å². The number of nitrogens with one attached hydrogen (secondary N) is 2. The van der Waals surface area contributed by atoms with Crippen molar-refractivity contribution in [1.82, 2.24) is 9.88 Å². The van der Waals surface area contributed by atoms with Gasteiger partial charge in [-0.1, -0.05) is 69.5 Å². The average Bonchev–Trinajstić information content (AvgIpc) is 2.98. The van der Waals surface area contributed by atoms with E-state index in [9.17, 15) is 13.2 Å². The number of hydrogen-bond acceptors (Lipinski definition) is 5. The SMILES string of the molecule is CCS(=O)(=O)Nc1ccc(CN(CC2(c3ccccn3)CCCCC2)C(=O)Nc2c(C(C)C)cccc2C(C)N)cc1. The van der Waals surface area contributed by atoms with E-state index in [1.807, 2.05) is 60.5 Å². The minimum atomic E-state index is -3.38. The van der Waals surface area contributed by atoms with Crippen molar-refractivity contribution < 1.29 is 13.2 Å². The van der Waals surface area contributed by atoms with Gasteiger partial charge in [0.1, 0.15) is 0 Å². The lowest BCUT2D eigenvalue weighted by molar-refractivity contribution is 0.167. The third-order valence-corrected chi connectivity index (χ3v) is 9.56. The lowest BCUT2D eigenvalue weighted by atomic mass is 9.71. The largest absolute Gasteiger partial charge is 0.324 e. The van der Waals surface area contributed by atoms with Crippen molar-refractivity contribution in [2.24, 2.45) is 5.73 Å². The zero-order valence-corrected chi connectivity index (χ0v) is 26.1. The van der Waals surface area contributed by atoms with Crippen LogP contribution >= 0.6 is 0 Å². The second-order valence-corrected chi connectivity index (χ2v) is 13.8. The first-order valence-electron chi connectivity index (χ1n) is 15.0. The normalized spacial score (nSPS) is 15.7. The summed E-state index contributed by atoms with van der Waals surface area (Å²) in [6, 6.07) is 18.8. The summed E-state index contributed by atoms with van der Waals surface area (Å²) in [6.07, 6.45) is 7.10. The van der Waals surface area contributed by atoms with E-state index < -0.39 is 10.0 Å². The number of carbonyl (C=O) groups is 1. The maximum absolute atomic E-state index is 14.3. The van der Waals surface area contributed by atoms with Crippen molar-refractivity contribution in [3.05, 3.63) is 89.2 Å². The fraction of sp³-hybridized carbons (Fsp3) is 0.455. The molecule has 2 amide bonds. The smallest absolute Gasteiger partial charge is 0.322 e. The topological polar surface area (TPSA) is 117 Å². The Kier molecular flexibility index (Phi) is 10.3. The summed E-state index contributed by atoms with van der Waals surface area (Å²) in [5, 5.41) is 3.27. The van der Waals surface area contributed by atoms with Gasteiger partial charge in [0, 0.05) is 42.1 Å². The van der Waals surface area contributed by atoms with E-state index in [0.717, 1.165) is 53.8 Å². The number of anilines is 2. The predicted molar refractivity (Wildman–Crippen MR) is 171 cm³/mol. The number of nitrogens with zero attached hydrogens (tertiary/aromatic N) is 2. The molecule has 9 heteroatoms. The first-order chi connectivity index (χ1) is 20.0. The van der Waals surface area contributed by atoms with E-state index in [1.165, 1.54) is 6.42 Å². The number of sulfonamides is 1. The molecule has 0 saturated heterocycles. The van der Waals surface area contributed by atoms with Crippen LogP contribution in [0.15, 0.2) is 66.9 Å². The van der Waals surface area contributed by atoms with Crippen LogP contribution in [0.2, 0.25) is 0 Å². The number of hydrogen-bond donors (Lipinski definition) is 3. The molecule has 1 aliphatic rings. The van der Waals surface area contributed by atoms with E-state index >= 15 is 0 Å². The Hall–Kier alpha value is -3.43. The lowest BCUT2D eigenvalue weighted by Gasteiger charge is -2.41. The minimum Gasteiger partial charge on any atom is -0.324 e. The third-order valence-electron chi connectivity index (χ3n) is 8.25. The van der Waals surface area contributed by atoms with Crippen LogP contribution in [0.25, 0.3) is 0 Å². The minimum absolute atomic E-state index is 0.000435. The highest BCUT2D eigenvalue weighted by molar-refractivity contribution is 7.92. The average molecular weight is 592 g/mol. The van der Waals surface area contributed by atoms with Gasteiger partial charge in [-0.05, 0) is 73.6 Å². The molecule has 8 nitrogen and oxygen atoms in total. The van der Waals surface area contributed by atoms with Crippen molar-refractivity contribution in [2.75, 3.05) is 22.3 Å². The first-order valence-corrected chi connectivity index (χ1v) is 16.6. The number of carbonyl (C=O) groups excluding carboxylic acids is 1. The fourth-order valence-electron chi connectivity index (χ4n) is 5.90. The molecular weight excluding hydrogens is 546 g/mol. The highest BCUT2D eigenvalue weighted by Crippen LogP contribution is 2.40. The number of amides is 2. The summed E-state index contributed by atoms with van der Waals surface area (Å²) < 4.78 is 26.7. The van der Waals surface area contributed by atoms with Gasteiger partial charge in [0.25, 0.3) is 0 Å². The van der Waals surface area contributed by atoms with Crippen LogP contribution in [0.4, 0.5) is 16.2 Å². The van der Waals surface area contributed by atoms with Crippen LogP contribution in [0.5, 0.6) is 0 Å². The van der Waals surface area contributed by atoms with Crippen LogP contribution in [0.1, 0.15) is 94.1 Å². The summed E-state index contributed by atoms with van der Waals surface area (Å²) >= 11 is 0. The van der Waals surface area contributed by atoms with E-state index in [4.69, 9.17) is 10.7 Å². The van der Waals surface area contributed by atoms with E-state index in [1.54, 1.807) is 19.1 Å². The fourth-order valence-corrected chi connectivity index (χ4v) is 6.53. The van der Waals surface area contributed by atoms with Crippen molar-refractivity contribution in [3.63, 3.8) is 0 Å². The molecule has 226 valence electrons. The third kappa shape index (κ3) is 7.69. The first kappa shape index (κ1) is 31.5. The zero-order valence-electron chi connectivity index (χ0n) is 25.3. The van der Waals surface area contributed by atoms with Crippen LogP contribution in [0, 0.1) is 0 Å². The molecule has 42 heavy (non-hydrogen) atoms. The molecule has 3 aromatic rings. The van der Waals surface area contributed by atoms with Gasteiger partial charge in [0.2, 0.25) is 10.0 Å². The quantitative estimate of drug-likeness (QED) is 0.224. The van der Waals surface area contributed by atoms with Gasteiger partial charge in [-0.15, -0.1) is 0 Å². The predicted octanol–water partition coefficient (Wildman–Crippen LogP) is 6.92. The summed E-state index contributed by atoms with van der Waals surface area (Å²) in [5.74, 6) is 0.199. The number of rotatable bonds is 11. The Morgan fingerprint density at radius 2 is 1.67 bits per heavy atom. The summed E-state index contributed by atoms with van der Waals surface area (Å²) in [5.41, 5.74) is 11.2. The molecule has 1 atom stereocenters. The van der Waals surface area contributed by atoms with Crippen LogP contribution in [-0.4, -0.2) is 36.6 Å². The Balaban J connectivity index is 1.70. The van der Waals surface area contributed by atoms with Gasteiger partial charge in [-0.3, -0.25) is 9.71 Å². The molecule has 1 aliphatic carbocycles. The summed E-state index contributed by atoms with van der Waals surface area (Å²) in [6.45, 7) is 8.62. The van der Waals surface area contributed by atoms with Gasteiger partial charge in [0.15, 0.2) is 0 Å². The number of nitrogens with two attached hydrogens (primary N) is 1. The van der Waals surface area contributed by atoms with E-state index in [-0.39, 0.29) is 29.2 Å². The molecule has 1 aromatic heterocycles. The molecule has 4 N–H and O–H groups in total. The summed E-state index contributed by atoms with van der Waals surface area (Å²) in [4.78, 5) is 20.9. The zero-order chi connectivity index (χ0) is 30.3. The molecule has 2 aromatic carbocycles. The number of aromatic nitrogens is 1. The molecule has 1 fully saturated rings. The summed E-state index contributed by atoms with van der Waals surface area (Å²) in [7, 11) is -3.38. The molecule has 1 saturated carbocycles. The van der Waals surface area contributed by atoms with Crippen molar-refractivity contribution in [2.45, 2.75) is 83.7 Å². The highest BCUT2D eigenvalue weighted by Gasteiger charge is 2.38. The van der Waals surface area contributed by atoms with Crippen LogP contribution < -0.4 is 15.8 Å². The molecule has 0 aliphatic heterocycles. The lowest BCUT2D eigenvalue weighted by Crippen LogP contribution is -2.46. The van der Waals surface area contributed by atoms with Gasteiger partial charge in [-0.25, -0.2) is 13.2 Å². The molecule has 1 unspecified atom stereocenters. The number of benzene rings is 2. The van der Waals surface area contributed by atoms with Gasteiger partial charge in [-0.2, -0.15) is 0 Å². The maximum atomic E-state index is 14.3. The molecule has 0 radical (unpaired) electrons. The molecule has 4 rings (SSSR count).